The fourth-order valence-electron chi connectivity index (χ4n) is 0.970. The van der Waals surface area contributed by atoms with Gasteiger partial charge in [0, 0.05) is 0 Å². The summed E-state index contributed by atoms with van der Waals surface area (Å²) in [5, 5.41) is 0. The Bertz CT molecular complexity index is 149. The van der Waals surface area contributed by atoms with Gasteiger partial charge < -0.3 is 0 Å². The minimum atomic E-state index is -1.45. The van der Waals surface area contributed by atoms with Crippen LogP contribution in [0.15, 0.2) is 19.6 Å². The van der Waals surface area contributed by atoms with Crippen LogP contribution in [0.1, 0.15) is 0 Å². The van der Waals surface area contributed by atoms with Crippen molar-refractivity contribution < 1.29 is 0 Å². The van der Waals surface area contributed by atoms with Crippen LogP contribution < -0.4 is 0 Å². The molecule has 0 fully saturated rings. The normalized spacial score (nSPS) is 26.8. The van der Waals surface area contributed by atoms with Gasteiger partial charge in [0.1, 0.15) is 0 Å². The molecule has 0 atom stereocenters. The Hall–Kier alpha value is 0.566. The molecule has 1 aliphatic heterocycles. The molecule has 0 saturated heterocycles. The average molecular weight is 257 g/mol. The fourth-order valence-corrected chi connectivity index (χ4v) is 23.8. The fraction of sp³-hybridized carbons (Fsp3) is 0.500. The van der Waals surface area contributed by atoms with E-state index in [1.807, 2.05) is 0 Å². The van der Waals surface area contributed by atoms with Gasteiger partial charge in [-0.05, 0) is 0 Å². The average Bonchev–Trinajstić information content (AvgIpc) is 1.79. The SMILES string of the molecule is [CH3][Ge]1([CH3])[CH]=[CH][Ge]([CH3])([CH3])[CH]=[CH]1. The Kier molecular flexibility index (Phi) is 2.21. The van der Waals surface area contributed by atoms with Gasteiger partial charge in [0.2, 0.25) is 0 Å². The molecule has 1 heterocycles. The molecule has 0 saturated carbocycles. The van der Waals surface area contributed by atoms with E-state index in [4.69, 9.17) is 0 Å². The molecule has 0 nitrogen and oxygen atoms in total. The van der Waals surface area contributed by atoms with E-state index in [9.17, 15) is 0 Å². The summed E-state index contributed by atoms with van der Waals surface area (Å²) >= 11 is -2.91. The first-order chi connectivity index (χ1) is 4.41. The molecule has 0 aromatic heterocycles. The van der Waals surface area contributed by atoms with Crippen LogP contribution in [-0.4, -0.2) is 26.5 Å². The third kappa shape index (κ3) is 2.31. The summed E-state index contributed by atoms with van der Waals surface area (Å²) in [6.45, 7) is 0. The van der Waals surface area contributed by atoms with Gasteiger partial charge in [0.15, 0.2) is 0 Å². The predicted molar refractivity (Wildman–Crippen MR) is 53.2 cm³/mol. The van der Waals surface area contributed by atoms with Crippen LogP contribution in [0.3, 0.4) is 0 Å². The van der Waals surface area contributed by atoms with Crippen molar-refractivity contribution in [3.05, 3.63) is 19.6 Å². The van der Waals surface area contributed by atoms with E-state index in [0.717, 1.165) is 0 Å². The van der Waals surface area contributed by atoms with Crippen molar-refractivity contribution in [1.29, 1.82) is 0 Å². The Labute approximate surface area is 69.1 Å². The third-order valence-electron chi connectivity index (χ3n) is 1.88. The van der Waals surface area contributed by atoms with Crippen LogP contribution in [-0.2, 0) is 0 Å². The predicted octanol–water partition coefficient (Wildman–Crippen LogP) is 2.69. The first kappa shape index (κ1) is 8.66. The first-order valence-electron chi connectivity index (χ1n) is 3.82. The number of hydrogen-bond donors (Lipinski definition) is 0. The molecule has 0 aromatic rings. The van der Waals surface area contributed by atoms with Gasteiger partial charge in [0.05, 0.1) is 0 Å². The molecule has 0 N–H and O–H groups in total. The van der Waals surface area contributed by atoms with Crippen molar-refractivity contribution in [3.8, 4) is 0 Å². The molecule has 1 aliphatic rings. The minimum absolute atomic E-state index is 1.45. The van der Waals surface area contributed by atoms with Gasteiger partial charge in [-0.2, -0.15) is 0 Å². The Morgan fingerprint density at radius 3 is 1.00 bits per heavy atom. The van der Waals surface area contributed by atoms with Crippen molar-refractivity contribution in [2.75, 3.05) is 0 Å². The molecule has 0 aliphatic carbocycles. The second kappa shape index (κ2) is 2.56. The molecule has 10 heavy (non-hydrogen) atoms. The van der Waals surface area contributed by atoms with Gasteiger partial charge in [0.25, 0.3) is 0 Å². The molecule has 0 bridgehead atoms. The zero-order valence-electron chi connectivity index (χ0n) is 7.31. The van der Waals surface area contributed by atoms with Gasteiger partial charge >= 0.3 is 69.2 Å². The van der Waals surface area contributed by atoms with Gasteiger partial charge in [-0.3, -0.25) is 0 Å². The topological polar surface area (TPSA) is 0 Å². The van der Waals surface area contributed by atoms with E-state index in [-0.39, 0.29) is 0 Å². The van der Waals surface area contributed by atoms with Crippen molar-refractivity contribution in [3.63, 3.8) is 0 Å². The van der Waals surface area contributed by atoms with Crippen LogP contribution >= 0.6 is 0 Å². The summed E-state index contributed by atoms with van der Waals surface area (Å²) < 4.78 is 0. The quantitative estimate of drug-likeness (QED) is 0.585. The molecule has 1 rings (SSSR count). The molecule has 0 unspecified atom stereocenters. The first-order valence-corrected chi connectivity index (χ1v) is 17.1. The zero-order valence-corrected chi connectivity index (χ0v) is 11.5. The van der Waals surface area contributed by atoms with Gasteiger partial charge in [-0.25, -0.2) is 0 Å². The summed E-state index contributed by atoms with van der Waals surface area (Å²) in [6, 6.07) is 0. The zero-order chi connectivity index (χ0) is 7.83. The summed E-state index contributed by atoms with van der Waals surface area (Å²) in [5.41, 5.74) is 0. The number of rotatable bonds is 0. The van der Waals surface area contributed by atoms with Crippen LogP contribution in [0.5, 0.6) is 0 Å². The molecule has 0 radical (unpaired) electrons. The Morgan fingerprint density at radius 2 is 0.800 bits per heavy atom. The van der Waals surface area contributed by atoms with Crippen LogP contribution in [0.2, 0.25) is 23.0 Å². The van der Waals surface area contributed by atoms with Crippen LogP contribution in [0, 0.1) is 0 Å². The monoisotopic (exact) mass is 260 g/mol. The van der Waals surface area contributed by atoms with Crippen molar-refractivity contribution >= 4 is 26.5 Å². The maximum absolute atomic E-state index is 2.54. The molecule has 0 amide bonds. The Morgan fingerprint density at radius 1 is 0.600 bits per heavy atom. The maximum atomic E-state index is 2.54. The van der Waals surface area contributed by atoms with Crippen LogP contribution in [0.4, 0.5) is 0 Å². The molecular formula is C8H16Ge2. The van der Waals surface area contributed by atoms with E-state index >= 15 is 0 Å². The van der Waals surface area contributed by atoms with E-state index in [0.29, 0.717) is 0 Å². The Balaban J connectivity index is 2.81. The summed E-state index contributed by atoms with van der Waals surface area (Å²) in [5.74, 6) is 9.74. The van der Waals surface area contributed by atoms with E-state index in [1.165, 1.54) is 0 Å². The molecule has 56 valence electrons. The second-order valence-corrected chi connectivity index (χ2v) is 22.4. The summed E-state index contributed by atoms with van der Waals surface area (Å²) in [6.07, 6.45) is 0. The van der Waals surface area contributed by atoms with Crippen molar-refractivity contribution in [1.82, 2.24) is 0 Å². The van der Waals surface area contributed by atoms with Gasteiger partial charge in [-0.1, -0.05) is 0 Å². The molecule has 0 spiro atoms. The van der Waals surface area contributed by atoms with Crippen LogP contribution in [0.25, 0.3) is 0 Å². The summed E-state index contributed by atoms with van der Waals surface area (Å²) in [7, 11) is 0. The second-order valence-electron chi connectivity index (χ2n) is 4.31. The number of hydrogen-bond acceptors (Lipinski definition) is 0. The molecule has 0 aromatic carbocycles. The van der Waals surface area contributed by atoms with E-state index in [1.54, 1.807) is 0 Å². The van der Waals surface area contributed by atoms with Crippen molar-refractivity contribution in [2.24, 2.45) is 0 Å². The standard InChI is InChI=1S/C8H16Ge2/c1-9(2)5-7-10(3,4)8-6-9/h5-8H,1-4H3. The summed E-state index contributed by atoms with van der Waals surface area (Å²) in [4.78, 5) is 10.2. The molecule has 2 heteroatoms. The van der Waals surface area contributed by atoms with E-state index < -0.39 is 26.5 Å². The molecular weight excluding hydrogens is 241 g/mol. The van der Waals surface area contributed by atoms with E-state index in [2.05, 4.69) is 42.7 Å². The van der Waals surface area contributed by atoms with Gasteiger partial charge in [-0.15, -0.1) is 0 Å². The van der Waals surface area contributed by atoms with Crippen molar-refractivity contribution in [2.45, 2.75) is 23.0 Å². The third-order valence-corrected chi connectivity index (χ3v) is 13.4.